The fraction of sp³-hybridized carbons (Fsp3) is 0.444. The van der Waals surface area contributed by atoms with E-state index in [4.69, 9.17) is 0 Å². The van der Waals surface area contributed by atoms with Gasteiger partial charge >= 0.3 is 7.12 Å². The van der Waals surface area contributed by atoms with Gasteiger partial charge in [-0.3, -0.25) is 0 Å². The van der Waals surface area contributed by atoms with Gasteiger partial charge in [0.1, 0.15) is 0 Å². The third kappa shape index (κ3) is 5.90. The summed E-state index contributed by atoms with van der Waals surface area (Å²) in [6.45, 7) is 0. The molecule has 2 rings (SSSR count). The van der Waals surface area contributed by atoms with Crippen LogP contribution in [0.1, 0.15) is 38.5 Å². The lowest BCUT2D eigenvalue weighted by atomic mass is 9.68. The van der Waals surface area contributed by atoms with Crippen molar-refractivity contribution in [3.8, 4) is 0 Å². The molecule has 0 bridgehead atoms. The van der Waals surface area contributed by atoms with Crippen LogP contribution in [0.15, 0.2) is 60.3 Å². The predicted molar refractivity (Wildman–Crippen MR) is 89.8 cm³/mol. The van der Waals surface area contributed by atoms with Crippen LogP contribution in [0.3, 0.4) is 0 Å². The summed E-state index contributed by atoms with van der Waals surface area (Å²) in [5.41, 5.74) is 1.31. The average Bonchev–Trinajstić information content (AvgIpc) is 2.55. The van der Waals surface area contributed by atoms with Crippen molar-refractivity contribution in [1.29, 1.82) is 0 Å². The zero-order valence-electron chi connectivity index (χ0n) is 12.6. The SMILES string of the molecule is OB(O)C1\C=C/C=C\C=C(\CC2C/C=C\CC/C=C/C2)C1. The van der Waals surface area contributed by atoms with Crippen molar-refractivity contribution in [2.24, 2.45) is 5.92 Å². The molecule has 112 valence electrons. The quantitative estimate of drug-likeness (QED) is 0.608. The van der Waals surface area contributed by atoms with Crippen molar-refractivity contribution in [2.75, 3.05) is 0 Å². The van der Waals surface area contributed by atoms with Crippen LogP contribution in [0.5, 0.6) is 0 Å². The summed E-state index contributed by atoms with van der Waals surface area (Å²) in [4.78, 5) is 0. The van der Waals surface area contributed by atoms with Crippen molar-refractivity contribution in [1.82, 2.24) is 0 Å². The maximum Gasteiger partial charge on any atom is 0.459 e. The van der Waals surface area contributed by atoms with Crippen LogP contribution >= 0.6 is 0 Å². The lowest BCUT2D eigenvalue weighted by Crippen LogP contribution is -2.19. The van der Waals surface area contributed by atoms with E-state index in [0.29, 0.717) is 5.92 Å². The summed E-state index contributed by atoms with van der Waals surface area (Å²) in [5, 5.41) is 18.9. The van der Waals surface area contributed by atoms with Crippen LogP contribution in [-0.2, 0) is 0 Å². The third-order valence-corrected chi connectivity index (χ3v) is 4.12. The highest BCUT2D eigenvalue weighted by Crippen LogP contribution is 2.29. The highest BCUT2D eigenvalue weighted by atomic mass is 16.4. The van der Waals surface area contributed by atoms with Crippen molar-refractivity contribution in [3.63, 3.8) is 0 Å². The summed E-state index contributed by atoms with van der Waals surface area (Å²) >= 11 is 0. The Hall–Kier alpha value is -1.32. The highest BCUT2D eigenvalue weighted by molar-refractivity contribution is 6.44. The molecule has 0 aromatic rings. The van der Waals surface area contributed by atoms with Crippen LogP contribution in [0.4, 0.5) is 0 Å². The molecule has 0 spiro atoms. The van der Waals surface area contributed by atoms with Crippen molar-refractivity contribution < 1.29 is 10.0 Å². The molecular weight excluding hydrogens is 259 g/mol. The normalized spacial score (nSPS) is 34.9. The van der Waals surface area contributed by atoms with Gasteiger partial charge in [-0.15, -0.1) is 0 Å². The van der Waals surface area contributed by atoms with E-state index in [-0.39, 0.29) is 5.82 Å². The molecule has 0 fully saturated rings. The molecular formula is C18H25BO2. The van der Waals surface area contributed by atoms with Gasteiger partial charge in [0.05, 0.1) is 0 Å². The minimum atomic E-state index is -1.28. The van der Waals surface area contributed by atoms with Gasteiger partial charge in [0.2, 0.25) is 0 Å². The number of allylic oxidation sites excluding steroid dienone is 10. The van der Waals surface area contributed by atoms with Gasteiger partial charge in [-0.2, -0.15) is 0 Å². The maximum atomic E-state index is 9.47. The second-order valence-corrected chi connectivity index (χ2v) is 5.94. The molecule has 2 unspecified atom stereocenters. The van der Waals surface area contributed by atoms with Gasteiger partial charge < -0.3 is 10.0 Å². The molecule has 2 aliphatic rings. The van der Waals surface area contributed by atoms with Gasteiger partial charge in [-0.25, -0.2) is 0 Å². The van der Waals surface area contributed by atoms with Crippen molar-refractivity contribution >= 4 is 7.12 Å². The Kier molecular flexibility index (Phi) is 6.78. The number of rotatable bonds is 3. The fourth-order valence-corrected chi connectivity index (χ4v) is 2.90. The minimum Gasteiger partial charge on any atom is -0.427 e. The highest BCUT2D eigenvalue weighted by Gasteiger charge is 2.23. The average molecular weight is 284 g/mol. The molecule has 0 radical (unpaired) electrons. The summed E-state index contributed by atoms with van der Waals surface area (Å²) in [6.07, 6.45) is 25.3. The van der Waals surface area contributed by atoms with E-state index in [1.165, 1.54) is 5.57 Å². The molecule has 2 N–H and O–H groups in total. The zero-order valence-corrected chi connectivity index (χ0v) is 12.6. The molecule has 0 heterocycles. The van der Waals surface area contributed by atoms with Gasteiger partial charge in [-0.1, -0.05) is 60.3 Å². The Morgan fingerprint density at radius 1 is 0.952 bits per heavy atom. The first-order valence-corrected chi connectivity index (χ1v) is 7.94. The van der Waals surface area contributed by atoms with E-state index in [0.717, 1.165) is 38.5 Å². The van der Waals surface area contributed by atoms with E-state index >= 15 is 0 Å². The summed E-state index contributed by atoms with van der Waals surface area (Å²) in [7, 11) is -1.28. The molecule has 2 aliphatic carbocycles. The number of hydrogen-bond acceptors (Lipinski definition) is 2. The van der Waals surface area contributed by atoms with Crippen molar-refractivity contribution in [2.45, 2.75) is 44.3 Å². The zero-order chi connectivity index (χ0) is 14.9. The molecule has 2 nitrogen and oxygen atoms in total. The van der Waals surface area contributed by atoms with E-state index in [2.05, 4.69) is 30.4 Å². The van der Waals surface area contributed by atoms with Gasteiger partial charge in [0.25, 0.3) is 0 Å². The second kappa shape index (κ2) is 8.86. The lowest BCUT2D eigenvalue weighted by molar-refractivity contribution is 0.392. The topological polar surface area (TPSA) is 40.5 Å². The van der Waals surface area contributed by atoms with Crippen LogP contribution < -0.4 is 0 Å². The third-order valence-electron chi connectivity index (χ3n) is 4.12. The molecule has 2 atom stereocenters. The first-order valence-electron chi connectivity index (χ1n) is 7.94. The number of hydrogen-bond donors (Lipinski definition) is 2. The fourth-order valence-electron chi connectivity index (χ4n) is 2.90. The van der Waals surface area contributed by atoms with Crippen LogP contribution in [0.2, 0.25) is 5.82 Å². The molecule has 0 saturated carbocycles. The maximum absolute atomic E-state index is 9.47. The summed E-state index contributed by atoms with van der Waals surface area (Å²) in [5.74, 6) is 0.402. The van der Waals surface area contributed by atoms with E-state index < -0.39 is 7.12 Å². The van der Waals surface area contributed by atoms with Crippen LogP contribution in [0, 0.1) is 5.92 Å². The molecule has 0 aliphatic heterocycles. The first kappa shape index (κ1) is 16.1. The summed E-state index contributed by atoms with van der Waals surface area (Å²) in [6, 6.07) is 0. The Labute approximate surface area is 128 Å². The minimum absolute atomic E-state index is 0.205. The molecule has 0 amide bonds. The Morgan fingerprint density at radius 2 is 1.67 bits per heavy atom. The molecule has 0 aromatic heterocycles. The molecule has 0 saturated heterocycles. The standard InChI is InChI=1S/C18H25BO2/c20-19(21)18-13-9-5-8-12-17(15-18)14-16-10-6-3-1-2-4-7-11-16/h3-9,12-13,16,18,20-21H,1-2,10-11,14-15H2/b6-3-,7-4+,8-5-,13-9-,17-12-. The Bertz CT molecular complexity index is 442. The van der Waals surface area contributed by atoms with Crippen molar-refractivity contribution in [3.05, 3.63) is 60.3 Å². The smallest absolute Gasteiger partial charge is 0.427 e. The monoisotopic (exact) mass is 284 g/mol. The Balaban J connectivity index is 2.01. The largest absolute Gasteiger partial charge is 0.459 e. The Morgan fingerprint density at radius 3 is 2.33 bits per heavy atom. The van der Waals surface area contributed by atoms with E-state index in [1.54, 1.807) is 0 Å². The lowest BCUT2D eigenvalue weighted by Gasteiger charge is -2.19. The van der Waals surface area contributed by atoms with Crippen LogP contribution in [-0.4, -0.2) is 17.2 Å². The van der Waals surface area contributed by atoms with Crippen LogP contribution in [0.25, 0.3) is 0 Å². The molecule has 21 heavy (non-hydrogen) atoms. The predicted octanol–water partition coefficient (Wildman–Crippen LogP) is 3.96. The van der Waals surface area contributed by atoms with Gasteiger partial charge in [-0.05, 0) is 44.4 Å². The van der Waals surface area contributed by atoms with E-state index in [9.17, 15) is 10.0 Å². The van der Waals surface area contributed by atoms with Gasteiger partial charge in [0.15, 0.2) is 0 Å². The van der Waals surface area contributed by atoms with Gasteiger partial charge in [0, 0.05) is 5.82 Å². The van der Waals surface area contributed by atoms with E-state index in [1.807, 2.05) is 24.3 Å². The molecule has 3 heteroatoms. The second-order valence-electron chi connectivity index (χ2n) is 5.94. The molecule has 0 aromatic carbocycles. The summed E-state index contributed by atoms with van der Waals surface area (Å²) < 4.78 is 0. The first-order chi connectivity index (χ1) is 10.3.